The van der Waals surface area contributed by atoms with Crippen molar-refractivity contribution in [2.45, 2.75) is 38.5 Å². The maximum absolute atomic E-state index is 12.6. The van der Waals surface area contributed by atoms with E-state index in [2.05, 4.69) is 41.1 Å². The molecule has 0 unspecified atom stereocenters. The van der Waals surface area contributed by atoms with Crippen molar-refractivity contribution in [3.05, 3.63) is 36.2 Å². The van der Waals surface area contributed by atoms with Gasteiger partial charge in [0, 0.05) is 38.8 Å². The summed E-state index contributed by atoms with van der Waals surface area (Å²) in [4.78, 5) is 16.9. The van der Waals surface area contributed by atoms with Crippen molar-refractivity contribution in [2.24, 2.45) is 0 Å². The van der Waals surface area contributed by atoms with Gasteiger partial charge in [-0.1, -0.05) is 23.9 Å². The van der Waals surface area contributed by atoms with Crippen molar-refractivity contribution in [3.63, 3.8) is 0 Å². The molecule has 1 saturated heterocycles. The highest BCUT2D eigenvalue weighted by atomic mass is 32.2. The largest absolute Gasteiger partial charge is 0.494 e. The molecule has 0 bridgehead atoms. The molecule has 0 atom stereocenters. The first kappa shape index (κ1) is 20.7. The van der Waals surface area contributed by atoms with E-state index in [-0.39, 0.29) is 5.91 Å². The Bertz CT molecular complexity index is 754. The molecule has 1 amide bonds. The second-order valence-electron chi connectivity index (χ2n) is 7.14. The van der Waals surface area contributed by atoms with Crippen molar-refractivity contribution in [1.82, 2.24) is 24.6 Å². The van der Waals surface area contributed by atoms with Crippen molar-refractivity contribution < 1.29 is 9.53 Å². The van der Waals surface area contributed by atoms with Crippen LogP contribution in [0.15, 0.2) is 35.7 Å². The number of hydrogen-bond acceptors (Lipinski definition) is 6. The SMILES string of the molecule is CCOc1ccc(CN2CCN(C(=O)CSc3nncn3C(C)C)CC2)cc1. The molecule has 0 spiro atoms. The van der Waals surface area contributed by atoms with E-state index in [0.29, 0.717) is 18.4 Å². The number of carbonyl (C=O) groups excluding carboxylic acids is 1. The summed E-state index contributed by atoms with van der Waals surface area (Å²) in [6.07, 6.45) is 1.72. The molecule has 1 aliphatic rings. The molecule has 3 rings (SSSR count). The van der Waals surface area contributed by atoms with Gasteiger partial charge in [0.2, 0.25) is 5.91 Å². The lowest BCUT2D eigenvalue weighted by atomic mass is 10.2. The zero-order valence-electron chi connectivity index (χ0n) is 16.9. The first-order valence-electron chi connectivity index (χ1n) is 9.81. The van der Waals surface area contributed by atoms with Crippen LogP contribution in [0.5, 0.6) is 5.75 Å². The Kier molecular flexibility index (Phi) is 7.33. The maximum atomic E-state index is 12.6. The molecule has 0 radical (unpaired) electrons. The molecule has 8 heteroatoms. The van der Waals surface area contributed by atoms with Gasteiger partial charge in [0.15, 0.2) is 5.16 Å². The van der Waals surface area contributed by atoms with Gasteiger partial charge in [-0.2, -0.15) is 0 Å². The number of thioether (sulfide) groups is 1. The predicted octanol–water partition coefficient (Wildman–Crippen LogP) is 2.69. The molecule has 1 aromatic heterocycles. The fraction of sp³-hybridized carbons (Fsp3) is 0.550. The fourth-order valence-corrected chi connectivity index (χ4v) is 4.13. The number of benzene rings is 1. The molecule has 0 saturated carbocycles. The summed E-state index contributed by atoms with van der Waals surface area (Å²) >= 11 is 1.47. The maximum Gasteiger partial charge on any atom is 0.233 e. The highest BCUT2D eigenvalue weighted by molar-refractivity contribution is 7.99. The van der Waals surface area contributed by atoms with Gasteiger partial charge in [0.05, 0.1) is 12.4 Å². The number of carbonyl (C=O) groups is 1. The van der Waals surface area contributed by atoms with Crippen LogP contribution in [0.3, 0.4) is 0 Å². The van der Waals surface area contributed by atoms with Crippen LogP contribution in [0.2, 0.25) is 0 Å². The van der Waals surface area contributed by atoms with E-state index in [1.54, 1.807) is 6.33 Å². The molecule has 152 valence electrons. The van der Waals surface area contributed by atoms with E-state index in [0.717, 1.165) is 43.6 Å². The Morgan fingerprint density at radius 1 is 1.18 bits per heavy atom. The van der Waals surface area contributed by atoms with Crippen LogP contribution in [0.25, 0.3) is 0 Å². The standard InChI is InChI=1S/C20H29N5O2S/c1-4-27-18-7-5-17(6-8-18)13-23-9-11-24(12-10-23)19(26)14-28-20-22-21-15-25(20)16(2)3/h5-8,15-16H,4,9-14H2,1-3H3. The van der Waals surface area contributed by atoms with E-state index < -0.39 is 0 Å². The summed E-state index contributed by atoms with van der Waals surface area (Å²) < 4.78 is 7.48. The summed E-state index contributed by atoms with van der Waals surface area (Å²) in [5.74, 6) is 1.49. The highest BCUT2D eigenvalue weighted by Crippen LogP contribution is 2.20. The summed E-state index contributed by atoms with van der Waals surface area (Å²) in [5.41, 5.74) is 1.27. The van der Waals surface area contributed by atoms with E-state index in [4.69, 9.17) is 4.74 Å². The van der Waals surface area contributed by atoms with Crippen molar-refractivity contribution in [1.29, 1.82) is 0 Å². The van der Waals surface area contributed by atoms with Gasteiger partial charge in [-0.15, -0.1) is 10.2 Å². The van der Waals surface area contributed by atoms with Gasteiger partial charge >= 0.3 is 0 Å². The van der Waals surface area contributed by atoms with Crippen LogP contribution in [-0.4, -0.2) is 69.0 Å². The van der Waals surface area contributed by atoms with Crippen LogP contribution in [0, 0.1) is 0 Å². The molecule has 2 aromatic rings. The number of ether oxygens (including phenoxy) is 1. The fourth-order valence-electron chi connectivity index (χ4n) is 3.18. The molecule has 0 aliphatic carbocycles. The molecular formula is C20H29N5O2S. The van der Waals surface area contributed by atoms with Crippen LogP contribution in [-0.2, 0) is 11.3 Å². The van der Waals surface area contributed by atoms with Gasteiger partial charge in [-0.05, 0) is 38.5 Å². The van der Waals surface area contributed by atoms with Crippen molar-refractivity contribution in [2.75, 3.05) is 38.5 Å². The molecule has 2 heterocycles. The minimum atomic E-state index is 0.170. The van der Waals surface area contributed by atoms with E-state index in [9.17, 15) is 4.79 Å². The normalized spacial score (nSPS) is 15.2. The molecule has 7 nitrogen and oxygen atoms in total. The predicted molar refractivity (Wildman–Crippen MR) is 111 cm³/mol. The second-order valence-corrected chi connectivity index (χ2v) is 8.08. The smallest absolute Gasteiger partial charge is 0.233 e. The van der Waals surface area contributed by atoms with Gasteiger partial charge in [-0.25, -0.2) is 0 Å². The summed E-state index contributed by atoms with van der Waals surface area (Å²) in [6.45, 7) is 11.1. The van der Waals surface area contributed by atoms with Crippen LogP contribution >= 0.6 is 11.8 Å². The first-order chi connectivity index (χ1) is 13.6. The minimum Gasteiger partial charge on any atom is -0.494 e. The lowest BCUT2D eigenvalue weighted by molar-refractivity contribution is -0.130. The Morgan fingerprint density at radius 3 is 2.54 bits per heavy atom. The third-order valence-electron chi connectivity index (χ3n) is 4.79. The van der Waals surface area contributed by atoms with Gasteiger partial charge in [-0.3, -0.25) is 9.69 Å². The third kappa shape index (κ3) is 5.48. The first-order valence-corrected chi connectivity index (χ1v) is 10.8. The Labute approximate surface area is 171 Å². The topological polar surface area (TPSA) is 63.5 Å². The Morgan fingerprint density at radius 2 is 1.89 bits per heavy atom. The lowest BCUT2D eigenvalue weighted by Crippen LogP contribution is -2.48. The molecular weight excluding hydrogens is 374 g/mol. The third-order valence-corrected chi connectivity index (χ3v) is 5.73. The van der Waals surface area contributed by atoms with E-state index in [1.165, 1.54) is 17.3 Å². The number of piperazine rings is 1. The summed E-state index contributed by atoms with van der Waals surface area (Å²) in [6, 6.07) is 8.56. The number of amides is 1. The number of nitrogens with zero attached hydrogens (tertiary/aromatic N) is 5. The van der Waals surface area contributed by atoms with E-state index >= 15 is 0 Å². The average Bonchev–Trinajstić information content (AvgIpc) is 3.17. The zero-order chi connectivity index (χ0) is 19.9. The average molecular weight is 404 g/mol. The molecule has 1 fully saturated rings. The van der Waals surface area contributed by atoms with Crippen LogP contribution < -0.4 is 4.74 Å². The van der Waals surface area contributed by atoms with Gasteiger partial charge in [0.25, 0.3) is 0 Å². The minimum absolute atomic E-state index is 0.170. The summed E-state index contributed by atoms with van der Waals surface area (Å²) in [7, 11) is 0. The Hall–Kier alpha value is -2.06. The zero-order valence-corrected chi connectivity index (χ0v) is 17.7. The van der Waals surface area contributed by atoms with Crippen molar-refractivity contribution in [3.8, 4) is 5.75 Å². The highest BCUT2D eigenvalue weighted by Gasteiger charge is 2.22. The molecule has 28 heavy (non-hydrogen) atoms. The van der Waals surface area contributed by atoms with Crippen LogP contribution in [0.1, 0.15) is 32.4 Å². The van der Waals surface area contributed by atoms with E-state index in [1.807, 2.05) is 28.5 Å². The van der Waals surface area contributed by atoms with Crippen LogP contribution in [0.4, 0.5) is 0 Å². The summed E-state index contributed by atoms with van der Waals surface area (Å²) in [5, 5.41) is 8.87. The van der Waals surface area contributed by atoms with Gasteiger partial charge < -0.3 is 14.2 Å². The number of hydrogen-bond donors (Lipinski definition) is 0. The number of rotatable bonds is 8. The molecule has 0 N–H and O–H groups in total. The number of aromatic nitrogens is 3. The Balaban J connectivity index is 1.43. The second kappa shape index (κ2) is 9.93. The van der Waals surface area contributed by atoms with Crippen molar-refractivity contribution >= 4 is 17.7 Å². The quantitative estimate of drug-likeness (QED) is 0.632. The monoisotopic (exact) mass is 403 g/mol. The lowest BCUT2D eigenvalue weighted by Gasteiger charge is -2.34. The molecule has 1 aromatic carbocycles. The van der Waals surface area contributed by atoms with Gasteiger partial charge in [0.1, 0.15) is 12.1 Å². The molecule has 1 aliphatic heterocycles.